The monoisotopic (exact) mass is 235 g/mol. The summed E-state index contributed by atoms with van der Waals surface area (Å²) in [6.45, 7) is 0. The number of rotatable bonds is 4. The molecule has 90 valence electrons. The Morgan fingerprint density at radius 1 is 1.29 bits per heavy atom. The zero-order chi connectivity index (χ0) is 12.7. The minimum absolute atomic E-state index is 0.656. The molecule has 0 saturated heterocycles. The van der Waals surface area contributed by atoms with E-state index in [1.165, 1.54) is 20.3 Å². The van der Waals surface area contributed by atoms with Crippen LogP contribution in [0.5, 0.6) is 0 Å². The fraction of sp³-hybridized carbons (Fsp3) is 0.250. The summed E-state index contributed by atoms with van der Waals surface area (Å²) in [6.07, 6.45) is 6.29. The van der Waals surface area contributed by atoms with Gasteiger partial charge in [-0.2, -0.15) is 0 Å². The summed E-state index contributed by atoms with van der Waals surface area (Å²) in [7, 11) is 2.44. The van der Waals surface area contributed by atoms with Crippen LogP contribution >= 0.6 is 0 Å². The Kier molecular flexibility index (Phi) is 4.87. The molecule has 5 heteroatoms. The van der Waals surface area contributed by atoms with Crippen molar-refractivity contribution in [1.82, 2.24) is 4.98 Å². The molecule has 0 aromatic carbocycles. The van der Waals surface area contributed by atoms with Crippen LogP contribution in [0.4, 0.5) is 0 Å². The Balaban J connectivity index is 2.83. The highest BCUT2D eigenvalue weighted by atomic mass is 16.5. The average Bonchev–Trinajstić information content (AvgIpc) is 2.39. The van der Waals surface area contributed by atoms with Crippen molar-refractivity contribution in [3.8, 4) is 0 Å². The lowest BCUT2D eigenvalue weighted by atomic mass is 10.1. The van der Waals surface area contributed by atoms with Gasteiger partial charge in [0.05, 0.1) is 14.2 Å². The van der Waals surface area contributed by atoms with Gasteiger partial charge in [0.25, 0.3) is 0 Å². The van der Waals surface area contributed by atoms with Crippen LogP contribution < -0.4 is 0 Å². The van der Waals surface area contributed by atoms with Crippen molar-refractivity contribution in [2.45, 2.75) is 0 Å². The summed E-state index contributed by atoms with van der Waals surface area (Å²) < 4.78 is 9.03. The SMILES string of the molecule is COC(=O)C(C=Cc1cccnc1)C(=O)OC. The molecule has 0 atom stereocenters. The third-order valence-electron chi connectivity index (χ3n) is 2.08. The Hall–Kier alpha value is -2.17. The van der Waals surface area contributed by atoms with Gasteiger partial charge in [0.2, 0.25) is 0 Å². The van der Waals surface area contributed by atoms with E-state index in [2.05, 4.69) is 14.5 Å². The molecule has 0 saturated carbocycles. The Labute approximate surface area is 99.1 Å². The fourth-order valence-corrected chi connectivity index (χ4v) is 1.19. The smallest absolute Gasteiger partial charge is 0.323 e. The molecule has 0 N–H and O–H groups in total. The molecule has 0 radical (unpaired) electrons. The first-order valence-corrected chi connectivity index (χ1v) is 4.93. The number of aromatic nitrogens is 1. The molecule has 0 spiro atoms. The summed E-state index contributed by atoms with van der Waals surface area (Å²) in [6, 6.07) is 3.56. The lowest BCUT2D eigenvalue weighted by molar-refractivity contribution is -0.156. The van der Waals surface area contributed by atoms with Gasteiger partial charge < -0.3 is 9.47 Å². The van der Waals surface area contributed by atoms with Gasteiger partial charge in [-0.1, -0.05) is 18.2 Å². The number of ether oxygens (including phenoxy) is 2. The highest BCUT2D eigenvalue weighted by molar-refractivity contribution is 5.97. The molecule has 0 aliphatic heterocycles. The fourth-order valence-electron chi connectivity index (χ4n) is 1.19. The molecule has 1 aromatic heterocycles. The number of hydrogen-bond acceptors (Lipinski definition) is 5. The maximum atomic E-state index is 11.3. The predicted molar refractivity (Wildman–Crippen MR) is 60.8 cm³/mol. The van der Waals surface area contributed by atoms with E-state index in [0.29, 0.717) is 0 Å². The standard InChI is InChI=1S/C12H13NO4/c1-16-11(14)10(12(15)17-2)6-5-9-4-3-7-13-8-9/h3-8,10H,1-2H3. The number of carbonyl (C=O) groups excluding carboxylic acids is 2. The number of hydrogen-bond donors (Lipinski definition) is 0. The van der Waals surface area contributed by atoms with Crippen molar-refractivity contribution >= 4 is 18.0 Å². The molecular formula is C12H13NO4. The molecule has 0 unspecified atom stereocenters. The second-order valence-corrected chi connectivity index (χ2v) is 3.17. The van der Waals surface area contributed by atoms with Crippen molar-refractivity contribution in [3.05, 3.63) is 36.2 Å². The number of carbonyl (C=O) groups is 2. The second kappa shape index (κ2) is 6.42. The van der Waals surface area contributed by atoms with E-state index < -0.39 is 17.9 Å². The van der Waals surface area contributed by atoms with Gasteiger partial charge in [-0.3, -0.25) is 14.6 Å². The largest absolute Gasteiger partial charge is 0.468 e. The van der Waals surface area contributed by atoms with Crippen molar-refractivity contribution in [3.63, 3.8) is 0 Å². The van der Waals surface area contributed by atoms with Crippen LogP contribution in [0, 0.1) is 5.92 Å². The van der Waals surface area contributed by atoms with E-state index >= 15 is 0 Å². The van der Waals surface area contributed by atoms with Gasteiger partial charge in [-0.05, 0) is 11.6 Å². The number of esters is 2. The van der Waals surface area contributed by atoms with Gasteiger partial charge in [-0.15, -0.1) is 0 Å². The first-order chi connectivity index (χ1) is 8.19. The van der Waals surface area contributed by atoms with E-state index in [-0.39, 0.29) is 0 Å². The zero-order valence-electron chi connectivity index (χ0n) is 9.62. The second-order valence-electron chi connectivity index (χ2n) is 3.17. The summed E-state index contributed by atoms with van der Waals surface area (Å²) >= 11 is 0. The van der Waals surface area contributed by atoms with Gasteiger partial charge in [0, 0.05) is 12.4 Å². The molecule has 0 bridgehead atoms. The maximum absolute atomic E-state index is 11.3. The lowest BCUT2D eigenvalue weighted by Crippen LogP contribution is -2.24. The van der Waals surface area contributed by atoms with Crippen LogP contribution in [0.2, 0.25) is 0 Å². The minimum atomic E-state index is -1.05. The van der Waals surface area contributed by atoms with Gasteiger partial charge in [-0.25, -0.2) is 0 Å². The first kappa shape index (κ1) is 12.9. The van der Waals surface area contributed by atoms with Crippen molar-refractivity contribution in [1.29, 1.82) is 0 Å². The van der Waals surface area contributed by atoms with Crippen molar-refractivity contribution in [2.75, 3.05) is 14.2 Å². The predicted octanol–water partition coefficient (Wildman–Crippen LogP) is 1.06. The molecular weight excluding hydrogens is 222 g/mol. The molecule has 0 fully saturated rings. The third kappa shape index (κ3) is 3.71. The average molecular weight is 235 g/mol. The Morgan fingerprint density at radius 3 is 2.41 bits per heavy atom. The molecule has 1 heterocycles. The molecule has 0 amide bonds. The van der Waals surface area contributed by atoms with Crippen molar-refractivity contribution in [2.24, 2.45) is 5.92 Å². The highest BCUT2D eigenvalue weighted by Crippen LogP contribution is 2.08. The summed E-state index contributed by atoms with van der Waals surface area (Å²) in [5.74, 6) is -2.36. The van der Waals surface area contributed by atoms with Gasteiger partial charge >= 0.3 is 11.9 Å². The first-order valence-electron chi connectivity index (χ1n) is 4.93. The van der Waals surface area contributed by atoms with E-state index in [1.807, 2.05) is 0 Å². The van der Waals surface area contributed by atoms with E-state index in [4.69, 9.17) is 0 Å². The zero-order valence-corrected chi connectivity index (χ0v) is 9.62. The van der Waals surface area contributed by atoms with Crippen LogP contribution in [0.25, 0.3) is 6.08 Å². The molecule has 0 aliphatic rings. The highest BCUT2D eigenvalue weighted by Gasteiger charge is 2.25. The van der Waals surface area contributed by atoms with Gasteiger partial charge in [0.1, 0.15) is 0 Å². The van der Waals surface area contributed by atoms with Gasteiger partial charge in [0.15, 0.2) is 5.92 Å². The molecule has 5 nitrogen and oxygen atoms in total. The van der Waals surface area contributed by atoms with Crippen LogP contribution in [0.15, 0.2) is 30.6 Å². The van der Waals surface area contributed by atoms with Crippen LogP contribution in [-0.2, 0) is 19.1 Å². The van der Waals surface area contributed by atoms with E-state index in [9.17, 15) is 9.59 Å². The van der Waals surface area contributed by atoms with E-state index in [0.717, 1.165) is 5.56 Å². The van der Waals surface area contributed by atoms with Crippen molar-refractivity contribution < 1.29 is 19.1 Å². The quantitative estimate of drug-likeness (QED) is 0.576. The number of pyridine rings is 1. The molecule has 17 heavy (non-hydrogen) atoms. The topological polar surface area (TPSA) is 65.5 Å². The normalized spacial score (nSPS) is 10.5. The number of nitrogens with zero attached hydrogens (tertiary/aromatic N) is 1. The summed E-state index contributed by atoms with van der Waals surface area (Å²) in [5.41, 5.74) is 0.783. The number of methoxy groups -OCH3 is 2. The van der Waals surface area contributed by atoms with E-state index in [1.54, 1.807) is 30.6 Å². The molecule has 0 aliphatic carbocycles. The minimum Gasteiger partial charge on any atom is -0.468 e. The summed E-state index contributed by atoms with van der Waals surface area (Å²) in [5, 5.41) is 0. The lowest BCUT2D eigenvalue weighted by Gasteiger charge is -2.07. The third-order valence-corrected chi connectivity index (χ3v) is 2.08. The Bertz CT molecular complexity index is 398. The van der Waals surface area contributed by atoms with Crippen LogP contribution in [0.3, 0.4) is 0 Å². The van der Waals surface area contributed by atoms with Crippen LogP contribution in [0.1, 0.15) is 5.56 Å². The maximum Gasteiger partial charge on any atom is 0.323 e. The summed E-state index contributed by atoms with van der Waals surface area (Å²) in [4.78, 5) is 26.6. The molecule has 1 aromatic rings. The van der Waals surface area contributed by atoms with Crippen LogP contribution in [-0.4, -0.2) is 31.1 Å². The molecule has 1 rings (SSSR count). The Morgan fingerprint density at radius 2 is 1.94 bits per heavy atom.